The number of nitrogens with zero attached hydrogens (tertiary/aromatic N) is 1. The van der Waals surface area contributed by atoms with E-state index >= 15 is 0 Å². The minimum atomic E-state index is -0.684. The number of phenolic OH excluding ortho intramolecular Hbond substituents is 1. The molecule has 0 saturated heterocycles. The van der Waals surface area contributed by atoms with Gasteiger partial charge in [-0.05, 0) is 24.0 Å². The summed E-state index contributed by atoms with van der Waals surface area (Å²) in [6.45, 7) is 6.91. The molecule has 0 radical (unpaired) electrons. The van der Waals surface area contributed by atoms with Gasteiger partial charge in [-0.1, -0.05) is 20.8 Å². The molecule has 0 bridgehead atoms. The van der Waals surface area contributed by atoms with E-state index in [9.17, 15) is 20.0 Å². The molecule has 0 heterocycles. The lowest BCUT2D eigenvalue weighted by molar-refractivity contribution is -0.386. The zero-order valence-electron chi connectivity index (χ0n) is 10.3. The molecule has 0 aliphatic heterocycles. The summed E-state index contributed by atoms with van der Waals surface area (Å²) < 4.78 is 0. The van der Waals surface area contributed by atoms with Crippen LogP contribution in [0.15, 0.2) is 12.1 Å². The van der Waals surface area contributed by atoms with E-state index in [1.54, 1.807) is 0 Å². The molecule has 0 atom stereocenters. The quantitative estimate of drug-likeness (QED) is 0.487. The zero-order chi connectivity index (χ0) is 13.4. The van der Waals surface area contributed by atoms with E-state index in [1.807, 2.05) is 20.8 Å². The molecule has 0 aromatic heterocycles. The number of Topliss-reactive ketones (excluding diaryl/α,β-unsaturated/α-hetero) is 1. The fraction of sp³-hybridized carbons (Fsp3) is 0.417. The van der Waals surface area contributed by atoms with E-state index in [1.165, 1.54) is 19.1 Å². The first-order chi connectivity index (χ1) is 7.64. The van der Waals surface area contributed by atoms with Gasteiger partial charge in [-0.15, -0.1) is 0 Å². The lowest BCUT2D eigenvalue weighted by atomic mass is 9.85. The van der Waals surface area contributed by atoms with E-state index in [-0.39, 0.29) is 11.0 Å². The van der Waals surface area contributed by atoms with Crippen LogP contribution in [0.3, 0.4) is 0 Å². The van der Waals surface area contributed by atoms with E-state index in [0.717, 1.165) is 0 Å². The van der Waals surface area contributed by atoms with Crippen LogP contribution in [0.25, 0.3) is 0 Å². The number of nitro groups is 1. The maximum Gasteiger partial charge on any atom is 0.311 e. The highest BCUT2D eigenvalue weighted by Gasteiger charge is 2.25. The van der Waals surface area contributed by atoms with Gasteiger partial charge in [0.05, 0.1) is 10.5 Å². The number of rotatable bonds is 2. The lowest BCUT2D eigenvalue weighted by Gasteiger charge is -2.19. The van der Waals surface area contributed by atoms with Gasteiger partial charge in [0.15, 0.2) is 5.78 Å². The number of nitro benzene ring substituents is 1. The average molecular weight is 237 g/mol. The highest BCUT2D eigenvalue weighted by molar-refractivity contribution is 5.98. The van der Waals surface area contributed by atoms with E-state index < -0.39 is 22.1 Å². The van der Waals surface area contributed by atoms with Crippen LogP contribution in [0.4, 0.5) is 5.69 Å². The highest BCUT2D eigenvalue weighted by atomic mass is 16.6. The Morgan fingerprint density at radius 3 is 2.24 bits per heavy atom. The van der Waals surface area contributed by atoms with Crippen molar-refractivity contribution in [1.82, 2.24) is 0 Å². The summed E-state index contributed by atoms with van der Waals surface area (Å²) in [5.74, 6) is -0.952. The minimum Gasteiger partial charge on any atom is -0.502 e. The van der Waals surface area contributed by atoms with Gasteiger partial charge in [-0.25, -0.2) is 0 Å². The zero-order valence-corrected chi connectivity index (χ0v) is 10.3. The second kappa shape index (κ2) is 4.16. The number of aromatic hydroxyl groups is 1. The van der Waals surface area contributed by atoms with Crippen molar-refractivity contribution in [2.45, 2.75) is 33.1 Å². The summed E-state index contributed by atoms with van der Waals surface area (Å²) in [5.41, 5.74) is -0.123. The van der Waals surface area contributed by atoms with E-state index in [0.29, 0.717) is 5.56 Å². The molecule has 1 N–H and O–H groups in total. The maximum atomic E-state index is 11.3. The van der Waals surface area contributed by atoms with Crippen molar-refractivity contribution in [3.05, 3.63) is 33.4 Å². The fourth-order valence-electron chi connectivity index (χ4n) is 1.46. The minimum absolute atomic E-state index is 0.0101. The van der Waals surface area contributed by atoms with Crippen molar-refractivity contribution in [1.29, 1.82) is 0 Å². The van der Waals surface area contributed by atoms with Gasteiger partial charge in [0.2, 0.25) is 5.75 Å². The molecule has 0 fully saturated rings. The molecule has 5 nitrogen and oxygen atoms in total. The van der Waals surface area contributed by atoms with Gasteiger partial charge in [-0.2, -0.15) is 0 Å². The van der Waals surface area contributed by atoms with Gasteiger partial charge in [0.1, 0.15) is 0 Å². The molecule has 0 amide bonds. The standard InChI is InChI=1S/C12H15NO4/c1-7(14)9-5-8(12(2,3)4)6-10(11(9)15)13(16)17/h5-6,15H,1-4H3. The molecule has 1 aromatic carbocycles. The normalized spacial score (nSPS) is 11.3. The van der Waals surface area contributed by atoms with Crippen LogP contribution in [0.5, 0.6) is 5.75 Å². The van der Waals surface area contributed by atoms with Gasteiger partial charge in [0.25, 0.3) is 0 Å². The van der Waals surface area contributed by atoms with Gasteiger partial charge >= 0.3 is 5.69 Å². The molecule has 5 heteroatoms. The Morgan fingerprint density at radius 1 is 1.35 bits per heavy atom. The number of hydrogen-bond donors (Lipinski definition) is 1. The SMILES string of the molecule is CC(=O)c1cc(C(C)(C)C)cc([N+](=O)[O-])c1O. The molecular weight excluding hydrogens is 222 g/mol. The predicted octanol–water partition coefficient (Wildman–Crippen LogP) is 2.80. The molecule has 0 aliphatic rings. The van der Waals surface area contributed by atoms with Gasteiger partial charge in [0, 0.05) is 6.07 Å². The Hall–Kier alpha value is -1.91. The van der Waals surface area contributed by atoms with Crippen molar-refractivity contribution in [3.8, 4) is 5.75 Å². The second-order valence-corrected chi connectivity index (χ2v) is 4.95. The van der Waals surface area contributed by atoms with Crippen molar-refractivity contribution < 1.29 is 14.8 Å². The Balaban J connectivity index is 3.59. The fourth-order valence-corrected chi connectivity index (χ4v) is 1.46. The van der Waals surface area contributed by atoms with Crippen molar-refractivity contribution in [2.75, 3.05) is 0 Å². The molecular formula is C12H15NO4. The number of hydrogen-bond acceptors (Lipinski definition) is 4. The smallest absolute Gasteiger partial charge is 0.311 e. The molecule has 17 heavy (non-hydrogen) atoms. The predicted molar refractivity (Wildman–Crippen MR) is 63.5 cm³/mol. The Bertz CT molecular complexity index is 451. The molecule has 0 saturated carbocycles. The highest BCUT2D eigenvalue weighted by Crippen LogP contribution is 2.35. The summed E-state index contributed by atoms with van der Waals surface area (Å²) in [4.78, 5) is 21.5. The Labute approximate surface area is 99.2 Å². The monoisotopic (exact) mass is 237 g/mol. The molecule has 0 unspecified atom stereocenters. The molecule has 0 aliphatic carbocycles. The third-order valence-corrected chi connectivity index (χ3v) is 2.53. The first kappa shape index (κ1) is 13.2. The molecule has 0 spiro atoms. The van der Waals surface area contributed by atoms with Crippen molar-refractivity contribution in [3.63, 3.8) is 0 Å². The van der Waals surface area contributed by atoms with Crippen LogP contribution < -0.4 is 0 Å². The third-order valence-electron chi connectivity index (χ3n) is 2.53. The summed E-state index contributed by atoms with van der Waals surface area (Å²) >= 11 is 0. The third kappa shape index (κ3) is 2.61. The molecule has 1 rings (SSSR count). The number of benzene rings is 1. The Morgan fingerprint density at radius 2 is 1.88 bits per heavy atom. The lowest BCUT2D eigenvalue weighted by Crippen LogP contribution is -2.13. The van der Waals surface area contributed by atoms with Crippen LogP contribution in [-0.2, 0) is 5.41 Å². The maximum absolute atomic E-state index is 11.3. The van der Waals surface area contributed by atoms with E-state index in [2.05, 4.69) is 0 Å². The molecule has 1 aromatic rings. The largest absolute Gasteiger partial charge is 0.502 e. The number of carbonyl (C=O) groups excluding carboxylic acids is 1. The number of carbonyl (C=O) groups is 1. The molecule has 92 valence electrons. The average Bonchev–Trinajstić information content (AvgIpc) is 2.14. The van der Waals surface area contributed by atoms with Gasteiger partial charge < -0.3 is 5.11 Å². The van der Waals surface area contributed by atoms with Crippen LogP contribution in [-0.4, -0.2) is 15.8 Å². The summed E-state index contributed by atoms with van der Waals surface area (Å²) in [7, 11) is 0. The summed E-state index contributed by atoms with van der Waals surface area (Å²) in [5, 5.41) is 20.5. The van der Waals surface area contributed by atoms with Crippen LogP contribution >= 0.6 is 0 Å². The number of phenols is 1. The van der Waals surface area contributed by atoms with E-state index in [4.69, 9.17) is 0 Å². The van der Waals surface area contributed by atoms with Crippen molar-refractivity contribution in [2.24, 2.45) is 0 Å². The first-order valence-corrected chi connectivity index (χ1v) is 5.17. The first-order valence-electron chi connectivity index (χ1n) is 5.17. The van der Waals surface area contributed by atoms with Gasteiger partial charge in [-0.3, -0.25) is 14.9 Å². The topological polar surface area (TPSA) is 80.4 Å². The van der Waals surface area contributed by atoms with Crippen LogP contribution in [0.2, 0.25) is 0 Å². The summed E-state index contributed by atoms with van der Waals surface area (Å²) in [6, 6.07) is 2.81. The number of ketones is 1. The van der Waals surface area contributed by atoms with Crippen LogP contribution in [0, 0.1) is 10.1 Å². The van der Waals surface area contributed by atoms with Crippen LogP contribution in [0.1, 0.15) is 43.6 Å². The van der Waals surface area contributed by atoms with Crippen molar-refractivity contribution >= 4 is 11.5 Å². The second-order valence-electron chi connectivity index (χ2n) is 4.95. The Kier molecular flexibility index (Phi) is 3.22. The summed E-state index contributed by atoms with van der Waals surface area (Å²) in [6.07, 6.45) is 0.